The first-order chi connectivity index (χ1) is 21.3. The maximum atomic E-state index is 14.1. The number of aromatic nitrogens is 1. The Morgan fingerprint density at radius 1 is 1.09 bits per heavy atom. The van der Waals surface area contributed by atoms with Crippen LogP contribution >= 0.6 is 22.9 Å². The lowest BCUT2D eigenvalue weighted by molar-refractivity contribution is -0.385. The van der Waals surface area contributed by atoms with Gasteiger partial charge in [0.25, 0.3) is 11.2 Å². The fraction of sp³-hybridized carbons (Fsp3) is 0.121. The fourth-order valence-electron chi connectivity index (χ4n) is 5.19. The third-order valence-electron chi connectivity index (χ3n) is 7.23. The van der Waals surface area contributed by atoms with Crippen LogP contribution in [0.15, 0.2) is 105 Å². The van der Waals surface area contributed by atoms with Crippen molar-refractivity contribution >= 4 is 46.4 Å². The molecule has 3 heterocycles. The standard InChI is InChI=1S/C33H24ClN3O6S/c1-3-42-32(39)28-29(20-8-5-4-6-9-20)35-33-36(30(28)21-12-14-22(34)15-13-21)31(38)27(44-33)18-23-16-17-26(43-23)24-10-7-11-25(19(24)2)37(40)41/h4-18,30H,3H2,1-2H3/b27-18-/t30-/m1/s1. The van der Waals surface area contributed by atoms with Crippen molar-refractivity contribution in [3.8, 4) is 11.3 Å². The number of furan rings is 1. The van der Waals surface area contributed by atoms with Crippen molar-refractivity contribution in [3.05, 3.63) is 148 Å². The van der Waals surface area contributed by atoms with Crippen molar-refractivity contribution in [1.29, 1.82) is 0 Å². The van der Waals surface area contributed by atoms with Crippen LogP contribution in [0.3, 0.4) is 0 Å². The van der Waals surface area contributed by atoms with Gasteiger partial charge in [0, 0.05) is 33.9 Å². The van der Waals surface area contributed by atoms with Crippen LogP contribution < -0.4 is 14.9 Å². The molecule has 0 bridgehead atoms. The summed E-state index contributed by atoms with van der Waals surface area (Å²) in [5, 5.41) is 11.9. The predicted octanol–water partition coefficient (Wildman–Crippen LogP) is 6.07. The summed E-state index contributed by atoms with van der Waals surface area (Å²) in [5.74, 6) is 0.236. The monoisotopic (exact) mass is 625 g/mol. The third-order valence-corrected chi connectivity index (χ3v) is 8.46. The fourth-order valence-corrected chi connectivity index (χ4v) is 6.30. The van der Waals surface area contributed by atoms with Gasteiger partial charge in [-0.1, -0.05) is 77.5 Å². The first-order valence-corrected chi connectivity index (χ1v) is 14.8. The summed E-state index contributed by atoms with van der Waals surface area (Å²) in [4.78, 5) is 43.8. The summed E-state index contributed by atoms with van der Waals surface area (Å²) in [6, 6.07) is 23.6. The van der Waals surface area contributed by atoms with E-state index >= 15 is 0 Å². The average molecular weight is 626 g/mol. The van der Waals surface area contributed by atoms with Gasteiger partial charge in [0.05, 0.1) is 33.4 Å². The second kappa shape index (κ2) is 11.9. The lowest BCUT2D eigenvalue weighted by atomic mass is 9.93. The van der Waals surface area contributed by atoms with Gasteiger partial charge in [-0.25, -0.2) is 9.79 Å². The molecule has 1 aliphatic rings. The minimum Gasteiger partial charge on any atom is -0.463 e. The van der Waals surface area contributed by atoms with Crippen LogP contribution in [0.4, 0.5) is 5.69 Å². The quantitative estimate of drug-likeness (QED) is 0.123. The smallest absolute Gasteiger partial charge is 0.338 e. The Morgan fingerprint density at radius 3 is 2.55 bits per heavy atom. The number of nitrogens with zero attached hydrogens (tertiary/aromatic N) is 3. The largest absolute Gasteiger partial charge is 0.463 e. The molecule has 0 spiro atoms. The van der Waals surface area contributed by atoms with E-state index in [-0.39, 0.29) is 23.4 Å². The summed E-state index contributed by atoms with van der Waals surface area (Å²) in [6.07, 6.45) is 1.61. The van der Waals surface area contributed by atoms with Crippen molar-refractivity contribution < 1.29 is 18.9 Å². The molecule has 0 radical (unpaired) electrons. The maximum Gasteiger partial charge on any atom is 0.338 e. The number of carbonyl (C=O) groups is 1. The summed E-state index contributed by atoms with van der Waals surface area (Å²) in [7, 11) is 0. The Labute approximate surface area is 259 Å². The van der Waals surface area contributed by atoms with E-state index in [2.05, 4.69) is 0 Å². The number of nitro groups is 1. The molecular formula is C33H24ClN3O6S. The van der Waals surface area contributed by atoms with Gasteiger partial charge in [-0.05, 0) is 43.7 Å². The number of benzene rings is 3. The highest BCUT2D eigenvalue weighted by molar-refractivity contribution is 7.07. The molecule has 0 unspecified atom stereocenters. The molecule has 9 nitrogen and oxygen atoms in total. The zero-order valence-electron chi connectivity index (χ0n) is 23.5. The minimum absolute atomic E-state index is 0.0115. The predicted molar refractivity (Wildman–Crippen MR) is 168 cm³/mol. The Morgan fingerprint density at radius 2 is 1.84 bits per heavy atom. The molecule has 1 aliphatic heterocycles. The van der Waals surface area contributed by atoms with E-state index in [0.29, 0.717) is 53.8 Å². The molecule has 0 aliphatic carbocycles. The number of carbonyl (C=O) groups excluding carboxylic acids is 1. The molecule has 6 rings (SSSR count). The van der Waals surface area contributed by atoms with Gasteiger partial charge in [0.15, 0.2) is 4.80 Å². The minimum atomic E-state index is -0.834. The van der Waals surface area contributed by atoms with Crippen molar-refractivity contribution in [2.45, 2.75) is 19.9 Å². The highest BCUT2D eigenvalue weighted by Gasteiger charge is 2.35. The Bertz CT molecular complexity index is 2130. The summed E-state index contributed by atoms with van der Waals surface area (Å²) in [5.41, 5.74) is 2.69. The van der Waals surface area contributed by atoms with Crippen LogP contribution in [0, 0.1) is 17.0 Å². The molecular weight excluding hydrogens is 602 g/mol. The molecule has 220 valence electrons. The van der Waals surface area contributed by atoms with Gasteiger partial charge >= 0.3 is 5.97 Å². The molecule has 2 aromatic heterocycles. The third kappa shape index (κ3) is 5.29. The second-order valence-corrected chi connectivity index (χ2v) is 11.3. The Hall–Kier alpha value is -5.06. The number of nitro benzene ring substituents is 1. The molecule has 0 saturated carbocycles. The van der Waals surface area contributed by atoms with E-state index in [4.69, 9.17) is 25.7 Å². The number of esters is 1. The van der Waals surface area contributed by atoms with Gasteiger partial charge in [-0.15, -0.1) is 0 Å². The summed E-state index contributed by atoms with van der Waals surface area (Å²) >= 11 is 7.36. The first-order valence-electron chi connectivity index (χ1n) is 13.6. The average Bonchev–Trinajstić information content (AvgIpc) is 3.61. The van der Waals surface area contributed by atoms with Crippen LogP contribution in [-0.4, -0.2) is 22.1 Å². The normalized spacial score (nSPS) is 14.7. The Kier molecular flexibility index (Phi) is 7.86. The molecule has 1 atom stereocenters. The zero-order valence-corrected chi connectivity index (χ0v) is 25.1. The molecule has 0 amide bonds. The van der Waals surface area contributed by atoms with Crippen molar-refractivity contribution in [2.24, 2.45) is 4.99 Å². The number of rotatable bonds is 7. The van der Waals surface area contributed by atoms with E-state index in [0.717, 1.165) is 0 Å². The highest BCUT2D eigenvalue weighted by atomic mass is 35.5. The molecule has 0 N–H and O–H groups in total. The van der Waals surface area contributed by atoms with Crippen molar-refractivity contribution in [2.75, 3.05) is 6.61 Å². The molecule has 44 heavy (non-hydrogen) atoms. The van der Waals surface area contributed by atoms with E-state index in [1.165, 1.54) is 22.0 Å². The zero-order chi connectivity index (χ0) is 31.0. The lowest BCUT2D eigenvalue weighted by Gasteiger charge is -2.25. The van der Waals surface area contributed by atoms with E-state index in [1.807, 2.05) is 30.3 Å². The van der Waals surface area contributed by atoms with Gasteiger partial charge in [0.1, 0.15) is 11.5 Å². The second-order valence-electron chi connectivity index (χ2n) is 9.89. The number of hydrogen-bond donors (Lipinski definition) is 0. The van der Waals surface area contributed by atoms with E-state index in [9.17, 15) is 19.7 Å². The number of halogens is 1. The van der Waals surface area contributed by atoms with Crippen molar-refractivity contribution in [3.63, 3.8) is 0 Å². The van der Waals surface area contributed by atoms with E-state index < -0.39 is 16.9 Å². The number of fused-ring (bicyclic) bond motifs is 1. The van der Waals surface area contributed by atoms with Crippen LogP contribution in [0.25, 0.3) is 23.1 Å². The molecule has 0 saturated heterocycles. The van der Waals surface area contributed by atoms with Gasteiger partial charge < -0.3 is 9.15 Å². The van der Waals surface area contributed by atoms with Gasteiger partial charge in [-0.2, -0.15) is 0 Å². The summed E-state index contributed by atoms with van der Waals surface area (Å²) < 4.78 is 13.3. The van der Waals surface area contributed by atoms with Crippen LogP contribution in [-0.2, 0) is 9.53 Å². The molecule has 3 aromatic carbocycles. The van der Waals surface area contributed by atoms with Crippen LogP contribution in [0.2, 0.25) is 5.02 Å². The number of ether oxygens (including phenoxy) is 1. The molecule has 5 aromatic rings. The van der Waals surface area contributed by atoms with Crippen LogP contribution in [0.5, 0.6) is 0 Å². The van der Waals surface area contributed by atoms with Crippen molar-refractivity contribution in [1.82, 2.24) is 4.57 Å². The summed E-state index contributed by atoms with van der Waals surface area (Å²) in [6.45, 7) is 3.53. The Balaban J connectivity index is 1.54. The molecule has 0 fully saturated rings. The topological polar surface area (TPSA) is 117 Å². The van der Waals surface area contributed by atoms with Gasteiger partial charge in [0.2, 0.25) is 0 Å². The maximum absolute atomic E-state index is 14.1. The molecule has 11 heteroatoms. The highest BCUT2D eigenvalue weighted by Crippen LogP contribution is 2.36. The SMILES string of the molecule is CCOC(=O)C1=C(c2ccccc2)N=c2s/c(=C\c3ccc(-c4cccc([N+](=O)[O-])c4C)o3)c(=O)n2[C@@H]1c1ccc(Cl)cc1. The number of hydrogen-bond acceptors (Lipinski definition) is 8. The number of thiazole rings is 1. The van der Waals surface area contributed by atoms with Gasteiger partial charge in [-0.3, -0.25) is 19.5 Å². The lowest BCUT2D eigenvalue weighted by Crippen LogP contribution is -2.39. The van der Waals surface area contributed by atoms with Crippen LogP contribution in [0.1, 0.15) is 35.4 Å². The first kappa shape index (κ1) is 29.0. The van der Waals surface area contributed by atoms with E-state index in [1.54, 1.807) is 68.5 Å².